The summed E-state index contributed by atoms with van der Waals surface area (Å²) in [6.07, 6.45) is 4.00. The topological polar surface area (TPSA) is 71.5 Å². The zero-order valence-electron chi connectivity index (χ0n) is 9.89. The van der Waals surface area contributed by atoms with Crippen LogP contribution in [0.15, 0.2) is 22.8 Å². The van der Waals surface area contributed by atoms with Gasteiger partial charge in [-0.15, -0.1) is 0 Å². The van der Waals surface area contributed by atoms with Crippen molar-refractivity contribution in [2.24, 2.45) is 5.73 Å². The van der Waals surface area contributed by atoms with E-state index < -0.39 is 0 Å². The van der Waals surface area contributed by atoms with Crippen LogP contribution < -0.4 is 11.1 Å². The molecule has 0 saturated heterocycles. The molecule has 5 heteroatoms. The van der Waals surface area contributed by atoms with E-state index in [9.17, 15) is 4.79 Å². The van der Waals surface area contributed by atoms with E-state index in [4.69, 9.17) is 10.2 Å². The van der Waals surface area contributed by atoms with E-state index in [1.54, 1.807) is 6.26 Å². The van der Waals surface area contributed by atoms with Crippen molar-refractivity contribution in [1.82, 2.24) is 10.2 Å². The first-order valence-electron chi connectivity index (χ1n) is 6.03. The zero-order chi connectivity index (χ0) is 12.1. The molecule has 1 aliphatic rings. The van der Waals surface area contributed by atoms with Gasteiger partial charge >= 0.3 is 0 Å². The van der Waals surface area contributed by atoms with Gasteiger partial charge in [0.05, 0.1) is 19.4 Å². The Hall–Kier alpha value is -1.33. The predicted octanol–water partition coefficient (Wildman–Crippen LogP) is 0.319. The standard InChI is InChI=1S/C12H19N3O2/c13-5-6-14-12(16)9-15(10-3-4-10)8-11-2-1-7-17-11/h1-2,7,10H,3-6,8-9,13H2,(H,14,16). The highest BCUT2D eigenvalue weighted by molar-refractivity contribution is 5.78. The molecule has 94 valence electrons. The highest BCUT2D eigenvalue weighted by atomic mass is 16.3. The number of nitrogens with two attached hydrogens (primary N) is 1. The number of carbonyl (C=O) groups is 1. The molecule has 0 unspecified atom stereocenters. The van der Waals surface area contributed by atoms with Crippen LogP contribution in [0.4, 0.5) is 0 Å². The molecule has 0 aromatic carbocycles. The maximum Gasteiger partial charge on any atom is 0.234 e. The van der Waals surface area contributed by atoms with Gasteiger partial charge in [-0.1, -0.05) is 0 Å². The lowest BCUT2D eigenvalue weighted by atomic mass is 10.3. The SMILES string of the molecule is NCCNC(=O)CN(Cc1ccco1)C1CC1. The fourth-order valence-electron chi connectivity index (χ4n) is 1.81. The highest BCUT2D eigenvalue weighted by Gasteiger charge is 2.30. The van der Waals surface area contributed by atoms with E-state index in [1.165, 1.54) is 12.8 Å². The fraction of sp³-hybridized carbons (Fsp3) is 0.583. The van der Waals surface area contributed by atoms with Crippen LogP contribution in [0.3, 0.4) is 0 Å². The molecule has 1 amide bonds. The molecule has 0 spiro atoms. The Labute approximate surface area is 101 Å². The van der Waals surface area contributed by atoms with Crippen LogP contribution in [0, 0.1) is 0 Å². The third kappa shape index (κ3) is 3.87. The number of carbonyl (C=O) groups excluding carboxylic acids is 1. The van der Waals surface area contributed by atoms with Gasteiger partial charge in [-0.3, -0.25) is 9.69 Å². The fourth-order valence-corrected chi connectivity index (χ4v) is 1.81. The lowest BCUT2D eigenvalue weighted by Gasteiger charge is -2.19. The van der Waals surface area contributed by atoms with Crippen LogP contribution >= 0.6 is 0 Å². The summed E-state index contributed by atoms with van der Waals surface area (Å²) in [6.45, 7) is 2.14. The number of hydrogen-bond donors (Lipinski definition) is 2. The summed E-state index contributed by atoms with van der Waals surface area (Å²) in [5, 5.41) is 2.79. The van der Waals surface area contributed by atoms with Crippen LogP contribution in [0.5, 0.6) is 0 Å². The summed E-state index contributed by atoms with van der Waals surface area (Å²) < 4.78 is 5.31. The Morgan fingerprint density at radius 2 is 2.41 bits per heavy atom. The van der Waals surface area contributed by atoms with Crippen molar-refractivity contribution >= 4 is 5.91 Å². The average Bonchev–Trinajstić information content (AvgIpc) is 3.05. The van der Waals surface area contributed by atoms with E-state index in [1.807, 2.05) is 12.1 Å². The molecule has 3 N–H and O–H groups in total. The number of nitrogens with zero attached hydrogens (tertiary/aromatic N) is 1. The van der Waals surface area contributed by atoms with Crippen LogP contribution in [0.2, 0.25) is 0 Å². The number of hydrogen-bond acceptors (Lipinski definition) is 4. The zero-order valence-corrected chi connectivity index (χ0v) is 9.89. The summed E-state index contributed by atoms with van der Waals surface area (Å²) in [4.78, 5) is 13.8. The maximum absolute atomic E-state index is 11.6. The Morgan fingerprint density at radius 3 is 3.00 bits per heavy atom. The van der Waals surface area contributed by atoms with Gasteiger partial charge in [0.2, 0.25) is 5.91 Å². The second kappa shape index (κ2) is 5.84. The lowest BCUT2D eigenvalue weighted by molar-refractivity contribution is -0.122. The lowest BCUT2D eigenvalue weighted by Crippen LogP contribution is -2.39. The van der Waals surface area contributed by atoms with Gasteiger partial charge in [-0.2, -0.15) is 0 Å². The van der Waals surface area contributed by atoms with Crippen molar-refractivity contribution in [3.63, 3.8) is 0 Å². The van der Waals surface area contributed by atoms with E-state index in [2.05, 4.69) is 10.2 Å². The molecule has 0 atom stereocenters. The Balaban J connectivity index is 1.82. The van der Waals surface area contributed by atoms with Gasteiger partial charge in [0.1, 0.15) is 5.76 Å². The van der Waals surface area contributed by atoms with Crippen molar-refractivity contribution in [2.75, 3.05) is 19.6 Å². The minimum atomic E-state index is 0.0360. The average molecular weight is 237 g/mol. The van der Waals surface area contributed by atoms with Crippen molar-refractivity contribution in [3.8, 4) is 0 Å². The van der Waals surface area contributed by atoms with Gasteiger partial charge in [0.15, 0.2) is 0 Å². The second-order valence-corrected chi connectivity index (χ2v) is 4.35. The van der Waals surface area contributed by atoms with E-state index in [-0.39, 0.29) is 5.91 Å². The Bertz CT molecular complexity index is 347. The van der Waals surface area contributed by atoms with E-state index in [0.717, 1.165) is 5.76 Å². The molecule has 1 aliphatic carbocycles. The Kier molecular flexibility index (Phi) is 4.17. The summed E-state index contributed by atoms with van der Waals surface area (Å²) >= 11 is 0. The molecular weight excluding hydrogens is 218 g/mol. The minimum Gasteiger partial charge on any atom is -0.468 e. The third-order valence-corrected chi connectivity index (χ3v) is 2.82. The molecule has 1 fully saturated rings. The first-order chi connectivity index (χ1) is 8.29. The third-order valence-electron chi connectivity index (χ3n) is 2.82. The number of amides is 1. The van der Waals surface area contributed by atoms with Crippen molar-refractivity contribution in [1.29, 1.82) is 0 Å². The molecule has 1 heterocycles. The molecule has 0 bridgehead atoms. The highest BCUT2D eigenvalue weighted by Crippen LogP contribution is 2.27. The molecule has 1 aromatic rings. The molecule has 0 radical (unpaired) electrons. The van der Waals surface area contributed by atoms with Crippen molar-refractivity contribution in [3.05, 3.63) is 24.2 Å². The number of furan rings is 1. The normalized spacial score (nSPS) is 15.2. The number of rotatable bonds is 7. The molecular formula is C12H19N3O2. The van der Waals surface area contributed by atoms with Gasteiger partial charge < -0.3 is 15.5 Å². The summed E-state index contributed by atoms with van der Waals surface area (Å²) in [6, 6.07) is 4.34. The van der Waals surface area contributed by atoms with Crippen molar-refractivity contribution < 1.29 is 9.21 Å². The monoisotopic (exact) mass is 237 g/mol. The summed E-state index contributed by atoms with van der Waals surface area (Å²) in [5.41, 5.74) is 5.35. The van der Waals surface area contributed by atoms with E-state index >= 15 is 0 Å². The van der Waals surface area contributed by atoms with Gasteiger partial charge in [0.25, 0.3) is 0 Å². The first kappa shape index (κ1) is 12.1. The second-order valence-electron chi connectivity index (χ2n) is 4.35. The smallest absolute Gasteiger partial charge is 0.234 e. The van der Waals surface area contributed by atoms with Crippen molar-refractivity contribution in [2.45, 2.75) is 25.4 Å². The Morgan fingerprint density at radius 1 is 1.59 bits per heavy atom. The summed E-state index contributed by atoms with van der Waals surface area (Å²) in [7, 11) is 0. The molecule has 1 saturated carbocycles. The quantitative estimate of drug-likeness (QED) is 0.716. The molecule has 2 rings (SSSR count). The molecule has 1 aromatic heterocycles. The van der Waals surface area contributed by atoms with E-state index in [0.29, 0.717) is 32.2 Å². The van der Waals surface area contributed by atoms with Crippen LogP contribution in [-0.2, 0) is 11.3 Å². The molecule has 0 aliphatic heterocycles. The first-order valence-corrected chi connectivity index (χ1v) is 6.03. The van der Waals surface area contributed by atoms with Crippen LogP contribution in [-0.4, -0.2) is 36.5 Å². The molecule has 17 heavy (non-hydrogen) atoms. The maximum atomic E-state index is 11.6. The number of nitrogens with one attached hydrogen (secondary N) is 1. The minimum absolute atomic E-state index is 0.0360. The summed E-state index contributed by atoms with van der Waals surface area (Å²) in [5.74, 6) is 0.942. The van der Waals surface area contributed by atoms with Gasteiger partial charge in [0, 0.05) is 19.1 Å². The van der Waals surface area contributed by atoms with Crippen LogP contribution in [0.1, 0.15) is 18.6 Å². The van der Waals surface area contributed by atoms with Gasteiger partial charge in [-0.05, 0) is 25.0 Å². The largest absolute Gasteiger partial charge is 0.468 e. The van der Waals surface area contributed by atoms with Gasteiger partial charge in [-0.25, -0.2) is 0 Å². The molecule has 5 nitrogen and oxygen atoms in total. The predicted molar refractivity (Wildman–Crippen MR) is 64.2 cm³/mol. The van der Waals surface area contributed by atoms with Crippen LogP contribution in [0.25, 0.3) is 0 Å².